The lowest BCUT2D eigenvalue weighted by molar-refractivity contribution is -0.147. The number of hydrogen-bond donors (Lipinski definition) is 3. The SMILES string of the molecule is CC(=O)C(=O)[C@H](O)[C@H](O)[C@@H](C)O. The lowest BCUT2D eigenvalue weighted by Gasteiger charge is -2.17. The molecule has 0 bridgehead atoms. The van der Waals surface area contributed by atoms with Crippen LogP contribution in [0.5, 0.6) is 0 Å². The Hall–Kier alpha value is -0.780. The van der Waals surface area contributed by atoms with Gasteiger partial charge < -0.3 is 15.3 Å². The van der Waals surface area contributed by atoms with Crippen LogP contribution in [0.15, 0.2) is 0 Å². The van der Waals surface area contributed by atoms with E-state index in [1.54, 1.807) is 0 Å². The van der Waals surface area contributed by atoms with Crippen molar-refractivity contribution in [3.05, 3.63) is 0 Å². The first-order valence-corrected chi connectivity index (χ1v) is 3.47. The molecule has 0 saturated carbocycles. The van der Waals surface area contributed by atoms with Crippen LogP contribution in [-0.4, -0.2) is 45.2 Å². The lowest BCUT2D eigenvalue weighted by atomic mass is 10.0. The minimum absolute atomic E-state index is 0.845. The van der Waals surface area contributed by atoms with Gasteiger partial charge in [0, 0.05) is 6.92 Å². The molecule has 0 heterocycles. The van der Waals surface area contributed by atoms with E-state index in [2.05, 4.69) is 0 Å². The molecular weight excluding hydrogens is 164 g/mol. The maximum atomic E-state index is 10.7. The van der Waals surface area contributed by atoms with Crippen LogP contribution in [0.4, 0.5) is 0 Å². The first-order valence-electron chi connectivity index (χ1n) is 3.47. The summed E-state index contributed by atoms with van der Waals surface area (Å²) in [4.78, 5) is 21.1. The second-order valence-electron chi connectivity index (χ2n) is 2.60. The molecule has 0 radical (unpaired) electrons. The Labute approximate surface area is 69.6 Å². The smallest absolute Gasteiger partial charge is 0.229 e. The predicted octanol–water partition coefficient (Wildman–Crippen LogP) is -1.75. The highest BCUT2D eigenvalue weighted by molar-refractivity contribution is 6.38. The molecule has 0 aliphatic heterocycles. The van der Waals surface area contributed by atoms with Gasteiger partial charge in [-0.05, 0) is 6.92 Å². The molecule has 0 saturated heterocycles. The lowest BCUT2D eigenvalue weighted by Crippen LogP contribution is -2.43. The topological polar surface area (TPSA) is 94.8 Å². The van der Waals surface area contributed by atoms with E-state index in [0.29, 0.717) is 0 Å². The second kappa shape index (κ2) is 4.30. The molecule has 0 fully saturated rings. The fraction of sp³-hybridized carbons (Fsp3) is 0.714. The van der Waals surface area contributed by atoms with Crippen LogP contribution in [0.2, 0.25) is 0 Å². The number of Topliss-reactive ketones (excluding diaryl/α,β-unsaturated/α-hetero) is 2. The van der Waals surface area contributed by atoms with Crippen LogP contribution in [-0.2, 0) is 9.59 Å². The van der Waals surface area contributed by atoms with Crippen LogP contribution in [0.1, 0.15) is 13.8 Å². The van der Waals surface area contributed by atoms with Gasteiger partial charge >= 0.3 is 0 Å². The van der Waals surface area contributed by atoms with Crippen LogP contribution in [0, 0.1) is 0 Å². The summed E-state index contributed by atoms with van der Waals surface area (Å²) in [5.74, 6) is -1.94. The molecule has 0 aromatic rings. The molecule has 3 N–H and O–H groups in total. The molecule has 5 nitrogen and oxygen atoms in total. The molecule has 12 heavy (non-hydrogen) atoms. The third kappa shape index (κ3) is 2.69. The van der Waals surface area contributed by atoms with Gasteiger partial charge in [0.2, 0.25) is 5.78 Å². The van der Waals surface area contributed by atoms with E-state index in [0.717, 1.165) is 6.92 Å². The summed E-state index contributed by atoms with van der Waals surface area (Å²) in [6, 6.07) is 0. The van der Waals surface area contributed by atoms with Crippen LogP contribution >= 0.6 is 0 Å². The summed E-state index contributed by atoms with van der Waals surface area (Å²) >= 11 is 0. The van der Waals surface area contributed by atoms with Gasteiger partial charge in [0.15, 0.2) is 5.78 Å². The van der Waals surface area contributed by atoms with Crippen molar-refractivity contribution >= 4 is 11.6 Å². The van der Waals surface area contributed by atoms with Crippen molar-refractivity contribution in [2.45, 2.75) is 32.2 Å². The van der Waals surface area contributed by atoms with Crippen molar-refractivity contribution in [3.63, 3.8) is 0 Å². The molecule has 0 aromatic carbocycles. The van der Waals surface area contributed by atoms with Gasteiger partial charge in [0.25, 0.3) is 0 Å². The summed E-state index contributed by atoms with van der Waals surface area (Å²) in [7, 11) is 0. The van der Waals surface area contributed by atoms with Crippen LogP contribution in [0.25, 0.3) is 0 Å². The quantitative estimate of drug-likeness (QED) is 0.441. The number of carbonyl (C=O) groups is 2. The van der Waals surface area contributed by atoms with Crippen molar-refractivity contribution in [2.24, 2.45) is 0 Å². The van der Waals surface area contributed by atoms with E-state index in [-0.39, 0.29) is 0 Å². The van der Waals surface area contributed by atoms with Crippen molar-refractivity contribution in [3.8, 4) is 0 Å². The molecule has 0 rings (SSSR count). The molecular formula is C7H12O5. The second-order valence-corrected chi connectivity index (χ2v) is 2.60. The Kier molecular flexibility index (Phi) is 4.02. The first kappa shape index (κ1) is 11.2. The monoisotopic (exact) mass is 176 g/mol. The van der Waals surface area contributed by atoms with Crippen LogP contribution in [0.3, 0.4) is 0 Å². The number of carbonyl (C=O) groups excluding carboxylic acids is 2. The van der Waals surface area contributed by atoms with E-state index in [4.69, 9.17) is 15.3 Å². The summed E-state index contributed by atoms with van der Waals surface area (Å²) in [5.41, 5.74) is 0. The average Bonchev–Trinajstić information content (AvgIpc) is 2.00. The largest absolute Gasteiger partial charge is 0.391 e. The van der Waals surface area contributed by atoms with Crippen molar-refractivity contribution in [1.82, 2.24) is 0 Å². The van der Waals surface area contributed by atoms with Gasteiger partial charge in [-0.2, -0.15) is 0 Å². The molecule has 0 aromatic heterocycles. The normalized spacial score (nSPS) is 18.1. The number of hydrogen-bond acceptors (Lipinski definition) is 5. The first-order chi connectivity index (χ1) is 5.37. The number of aliphatic hydroxyl groups is 3. The highest BCUT2D eigenvalue weighted by atomic mass is 16.4. The van der Waals surface area contributed by atoms with Crippen LogP contribution < -0.4 is 0 Å². The summed E-state index contributed by atoms with van der Waals surface area (Å²) in [6.45, 7) is 2.20. The number of ketones is 2. The molecule has 3 atom stereocenters. The third-order valence-corrected chi connectivity index (χ3v) is 1.43. The Balaban J connectivity index is 4.29. The van der Waals surface area contributed by atoms with E-state index in [9.17, 15) is 9.59 Å². The van der Waals surface area contributed by atoms with E-state index < -0.39 is 29.9 Å². The summed E-state index contributed by atoms with van der Waals surface area (Å²) < 4.78 is 0. The molecule has 70 valence electrons. The Bertz CT molecular complexity index is 186. The zero-order valence-electron chi connectivity index (χ0n) is 6.89. The van der Waals surface area contributed by atoms with Crippen molar-refractivity contribution < 1.29 is 24.9 Å². The zero-order chi connectivity index (χ0) is 9.89. The van der Waals surface area contributed by atoms with E-state index >= 15 is 0 Å². The van der Waals surface area contributed by atoms with E-state index in [1.807, 2.05) is 0 Å². The molecule has 0 unspecified atom stereocenters. The van der Waals surface area contributed by atoms with Gasteiger partial charge in [-0.1, -0.05) is 0 Å². The Morgan fingerprint density at radius 3 is 1.83 bits per heavy atom. The Morgan fingerprint density at radius 2 is 1.58 bits per heavy atom. The highest BCUT2D eigenvalue weighted by Crippen LogP contribution is 2.01. The number of aliphatic hydroxyl groups excluding tert-OH is 3. The fourth-order valence-corrected chi connectivity index (χ4v) is 0.627. The number of rotatable bonds is 4. The van der Waals surface area contributed by atoms with Crippen molar-refractivity contribution in [1.29, 1.82) is 0 Å². The average molecular weight is 176 g/mol. The summed E-state index contributed by atoms with van der Waals surface area (Å²) in [5, 5.41) is 26.6. The van der Waals surface area contributed by atoms with Gasteiger partial charge in [0.05, 0.1) is 6.10 Å². The van der Waals surface area contributed by atoms with E-state index in [1.165, 1.54) is 6.92 Å². The third-order valence-electron chi connectivity index (χ3n) is 1.43. The predicted molar refractivity (Wildman–Crippen MR) is 39.4 cm³/mol. The zero-order valence-corrected chi connectivity index (χ0v) is 6.89. The standard InChI is InChI=1S/C7H12O5/c1-3(8)5(10)7(12)6(11)4(2)9/h3,5,7-8,10,12H,1-2H3/t3-,5-,7-/m1/s1. The van der Waals surface area contributed by atoms with Crippen molar-refractivity contribution in [2.75, 3.05) is 0 Å². The van der Waals surface area contributed by atoms with Gasteiger partial charge in [-0.3, -0.25) is 9.59 Å². The summed E-state index contributed by atoms with van der Waals surface area (Å²) in [6.07, 6.45) is -4.69. The fourth-order valence-electron chi connectivity index (χ4n) is 0.627. The Morgan fingerprint density at radius 1 is 1.17 bits per heavy atom. The minimum atomic E-state index is -1.83. The molecule has 0 spiro atoms. The van der Waals surface area contributed by atoms with Gasteiger partial charge in [-0.15, -0.1) is 0 Å². The molecule has 0 aliphatic rings. The molecule has 0 aliphatic carbocycles. The van der Waals surface area contributed by atoms with Gasteiger partial charge in [-0.25, -0.2) is 0 Å². The molecule has 0 amide bonds. The highest BCUT2D eigenvalue weighted by Gasteiger charge is 2.29. The van der Waals surface area contributed by atoms with Gasteiger partial charge in [0.1, 0.15) is 12.2 Å². The maximum Gasteiger partial charge on any atom is 0.229 e. The maximum absolute atomic E-state index is 10.7. The minimum Gasteiger partial charge on any atom is -0.391 e. The molecule has 5 heteroatoms.